The maximum Gasteiger partial charge on any atom is 0.285 e. The van der Waals surface area contributed by atoms with Gasteiger partial charge in [0.15, 0.2) is 0 Å². The van der Waals surface area contributed by atoms with Gasteiger partial charge in [0.25, 0.3) is 11.6 Å². The van der Waals surface area contributed by atoms with Crippen LogP contribution in [0.15, 0.2) is 18.2 Å². The molecule has 0 heterocycles. The van der Waals surface area contributed by atoms with Gasteiger partial charge in [0, 0.05) is 17.4 Å². The largest absolute Gasteiger partial charge is 0.352 e. The molecule has 0 spiro atoms. The molecule has 0 aliphatic heterocycles. The van der Waals surface area contributed by atoms with Crippen LogP contribution in [0.4, 0.5) is 5.69 Å². The van der Waals surface area contributed by atoms with Gasteiger partial charge in [0.05, 0.1) is 4.92 Å². The van der Waals surface area contributed by atoms with Crippen molar-refractivity contribution in [1.29, 1.82) is 0 Å². The fraction of sp³-hybridized carbons (Fsp3) is 0.533. The predicted molar refractivity (Wildman–Crippen MR) is 87.0 cm³/mol. The van der Waals surface area contributed by atoms with Crippen LogP contribution in [0.2, 0.25) is 0 Å². The zero-order valence-electron chi connectivity index (χ0n) is 12.4. The Labute approximate surface area is 133 Å². The summed E-state index contributed by atoms with van der Waals surface area (Å²) in [5.41, 5.74) is 0.523. The van der Waals surface area contributed by atoms with Crippen LogP contribution in [0.1, 0.15) is 42.1 Å². The Bertz CT molecular complexity index is 500. The molecule has 21 heavy (non-hydrogen) atoms. The molecule has 1 atom stereocenters. The molecule has 0 saturated carbocycles. The number of para-hydroxylation sites is 1. The Morgan fingerprint density at radius 2 is 2.14 bits per heavy atom. The molecule has 1 N–H and O–H groups in total. The van der Waals surface area contributed by atoms with E-state index in [0.717, 1.165) is 24.6 Å². The Morgan fingerprint density at radius 1 is 1.43 bits per heavy atom. The van der Waals surface area contributed by atoms with Crippen molar-refractivity contribution < 1.29 is 9.72 Å². The maximum atomic E-state index is 12.2. The molecule has 6 heteroatoms. The predicted octanol–water partition coefficient (Wildman–Crippen LogP) is 3.83. The Hall–Kier alpha value is -1.43. The molecule has 5 nitrogen and oxygen atoms in total. The third kappa shape index (κ3) is 5.12. The second-order valence-corrected chi connectivity index (χ2v) is 5.86. The summed E-state index contributed by atoms with van der Waals surface area (Å²) in [5.74, 6) is 0.0169. The molecular formula is C15H21BrN2O3. The molecule has 0 aliphatic rings. The number of carbonyl (C=O) groups excluding carboxylic acids is 1. The second-order valence-electron chi connectivity index (χ2n) is 5.07. The van der Waals surface area contributed by atoms with Gasteiger partial charge in [0.1, 0.15) is 5.56 Å². The number of halogens is 1. The standard InChI is InChI=1S/C15H21BrN2O3/c1-3-5-12(8-9-16)10-17-15(19)13-7-4-6-11(2)14(13)18(20)21/h4,6-7,12H,3,5,8-10H2,1-2H3,(H,17,19). The van der Waals surface area contributed by atoms with Crippen molar-refractivity contribution in [2.45, 2.75) is 33.1 Å². The number of hydrogen-bond acceptors (Lipinski definition) is 3. The van der Waals surface area contributed by atoms with Crippen molar-refractivity contribution in [1.82, 2.24) is 5.32 Å². The zero-order chi connectivity index (χ0) is 15.8. The molecule has 1 aromatic carbocycles. The first-order valence-corrected chi connectivity index (χ1v) is 8.21. The fourth-order valence-corrected chi connectivity index (χ4v) is 2.98. The van der Waals surface area contributed by atoms with Crippen molar-refractivity contribution in [3.8, 4) is 0 Å². The molecule has 0 aromatic heterocycles. The molecule has 0 aliphatic carbocycles. The monoisotopic (exact) mass is 356 g/mol. The van der Waals surface area contributed by atoms with Gasteiger partial charge in [-0.25, -0.2) is 0 Å². The summed E-state index contributed by atoms with van der Waals surface area (Å²) in [6.07, 6.45) is 3.06. The van der Waals surface area contributed by atoms with E-state index in [9.17, 15) is 14.9 Å². The third-order valence-electron chi connectivity index (χ3n) is 3.43. The minimum Gasteiger partial charge on any atom is -0.352 e. The number of hydrogen-bond donors (Lipinski definition) is 1. The summed E-state index contributed by atoms with van der Waals surface area (Å²) in [6, 6.07) is 4.80. The molecule has 1 unspecified atom stereocenters. The Balaban J connectivity index is 2.80. The number of nitrogens with zero attached hydrogens (tertiary/aromatic N) is 1. The normalized spacial score (nSPS) is 12.0. The molecule has 0 radical (unpaired) electrons. The lowest BCUT2D eigenvalue weighted by Crippen LogP contribution is -2.30. The van der Waals surface area contributed by atoms with Crippen LogP contribution in [0.5, 0.6) is 0 Å². The Kier molecular flexibility index (Phi) is 7.36. The van der Waals surface area contributed by atoms with E-state index in [1.165, 1.54) is 6.07 Å². The van der Waals surface area contributed by atoms with E-state index in [1.54, 1.807) is 19.1 Å². The van der Waals surface area contributed by atoms with Gasteiger partial charge in [-0.05, 0) is 31.7 Å². The molecule has 116 valence electrons. The summed E-state index contributed by atoms with van der Waals surface area (Å²) in [4.78, 5) is 22.8. The van der Waals surface area contributed by atoms with Gasteiger partial charge < -0.3 is 5.32 Å². The number of benzene rings is 1. The van der Waals surface area contributed by atoms with Crippen molar-refractivity contribution in [2.75, 3.05) is 11.9 Å². The number of rotatable bonds is 8. The van der Waals surface area contributed by atoms with E-state index in [2.05, 4.69) is 28.2 Å². The summed E-state index contributed by atoms with van der Waals surface area (Å²) in [6.45, 7) is 4.29. The minimum atomic E-state index is -0.494. The number of alkyl halides is 1. The first kappa shape index (κ1) is 17.6. The van der Waals surface area contributed by atoms with Crippen molar-refractivity contribution in [3.05, 3.63) is 39.4 Å². The van der Waals surface area contributed by atoms with E-state index in [-0.39, 0.29) is 17.2 Å². The van der Waals surface area contributed by atoms with Gasteiger partial charge in [-0.2, -0.15) is 0 Å². The van der Waals surface area contributed by atoms with Crippen LogP contribution in [0, 0.1) is 23.0 Å². The number of amides is 1. The minimum absolute atomic E-state index is 0.109. The highest BCUT2D eigenvalue weighted by Gasteiger charge is 2.22. The molecular weight excluding hydrogens is 336 g/mol. The Morgan fingerprint density at radius 3 is 2.71 bits per heavy atom. The topological polar surface area (TPSA) is 72.2 Å². The van der Waals surface area contributed by atoms with E-state index in [1.807, 2.05) is 0 Å². The van der Waals surface area contributed by atoms with E-state index in [0.29, 0.717) is 18.0 Å². The number of nitrogens with one attached hydrogen (secondary N) is 1. The number of nitro benzene ring substituents is 1. The highest BCUT2D eigenvalue weighted by molar-refractivity contribution is 9.09. The van der Waals surface area contributed by atoms with Gasteiger partial charge in [-0.1, -0.05) is 41.4 Å². The summed E-state index contributed by atoms with van der Waals surface area (Å²) in [7, 11) is 0. The van der Waals surface area contributed by atoms with Gasteiger partial charge in [0.2, 0.25) is 0 Å². The number of nitro groups is 1. The van der Waals surface area contributed by atoms with Gasteiger partial charge in [-0.3, -0.25) is 14.9 Å². The first-order valence-electron chi connectivity index (χ1n) is 7.09. The average Bonchev–Trinajstić information content (AvgIpc) is 2.44. The van der Waals surface area contributed by atoms with Crippen LogP contribution in [-0.4, -0.2) is 22.7 Å². The summed E-state index contributed by atoms with van der Waals surface area (Å²) in [5, 5.41) is 14.8. The zero-order valence-corrected chi connectivity index (χ0v) is 14.0. The lowest BCUT2D eigenvalue weighted by molar-refractivity contribution is -0.385. The van der Waals surface area contributed by atoms with E-state index in [4.69, 9.17) is 0 Å². The van der Waals surface area contributed by atoms with Gasteiger partial charge in [-0.15, -0.1) is 0 Å². The average molecular weight is 357 g/mol. The van der Waals surface area contributed by atoms with Crippen LogP contribution in [0.3, 0.4) is 0 Å². The molecule has 0 saturated heterocycles. The first-order chi connectivity index (χ1) is 10.0. The van der Waals surface area contributed by atoms with Crippen molar-refractivity contribution in [3.63, 3.8) is 0 Å². The van der Waals surface area contributed by atoms with Crippen LogP contribution in [0.25, 0.3) is 0 Å². The third-order valence-corrected chi connectivity index (χ3v) is 3.89. The highest BCUT2D eigenvalue weighted by Crippen LogP contribution is 2.23. The highest BCUT2D eigenvalue weighted by atomic mass is 79.9. The molecule has 0 bridgehead atoms. The quantitative estimate of drug-likeness (QED) is 0.437. The van der Waals surface area contributed by atoms with Crippen LogP contribution in [-0.2, 0) is 0 Å². The van der Waals surface area contributed by atoms with Gasteiger partial charge >= 0.3 is 0 Å². The lowest BCUT2D eigenvalue weighted by Gasteiger charge is -2.15. The summed E-state index contributed by atoms with van der Waals surface area (Å²) < 4.78 is 0. The second kappa shape index (κ2) is 8.77. The molecule has 1 aromatic rings. The molecule has 0 fully saturated rings. The van der Waals surface area contributed by atoms with E-state index >= 15 is 0 Å². The molecule has 1 amide bonds. The summed E-state index contributed by atoms with van der Waals surface area (Å²) >= 11 is 3.41. The SMILES string of the molecule is CCCC(CCBr)CNC(=O)c1cccc(C)c1[N+](=O)[O-]. The van der Waals surface area contributed by atoms with Crippen molar-refractivity contribution in [2.24, 2.45) is 5.92 Å². The van der Waals surface area contributed by atoms with Crippen LogP contribution >= 0.6 is 15.9 Å². The fourth-order valence-electron chi connectivity index (χ4n) is 2.33. The van der Waals surface area contributed by atoms with Crippen molar-refractivity contribution >= 4 is 27.5 Å². The number of aryl methyl sites for hydroxylation is 1. The van der Waals surface area contributed by atoms with Crippen LogP contribution < -0.4 is 5.32 Å². The lowest BCUT2D eigenvalue weighted by atomic mass is 10.0. The molecule has 1 rings (SSSR count). The smallest absolute Gasteiger partial charge is 0.285 e. The number of carbonyl (C=O) groups is 1. The van der Waals surface area contributed by atoms with E-state index < -0.39 is 4.92 Å². The maximum absolute atomic E-state index is 12.2.